The van der Waals surface area contributed by atoms with Gasteiger partial charge in [0.2, 0.25) is 0 Å². The molecule has 0 saturated heterocycles. The number of aliphatic hydroxyl groups excluding tert-OH is 1. The van der Waals surface area contributed by atoms with Crippen molar-refractivity contribution in [1.82, 2.24) is 9.55 Å². The lowest BCUT2D eigenvalue weighted by atomic mass is 10.3. The highest BCUT2D eigenvalue weighted by Gasteiger charge is 2.11. The first-order valence-electron chi connectivity index (χ1n) is 6.82. The molecule has 0 unspecified atom stereocenters. The summed E-state index contributed by atoms with van der Waals surface area (Å²) >= 11 is 0. The summed E-state index contributed by atoms with van der Waals surface area (Å²) in [6.07, 6.45) is 0. The van der Waals surface area contributed by atoms with Gasteiger partial charge in [0.1, 0.15) is 18.2 Å². The topological polar surface area (TPSA) is 73.3 Å². The van der Waals surface area contributed by atoms with Gasteiger partial charge < -0.3 is 20.1 Å². The molecule has 21 heavy (non-hydrogen) atoms. The van der Waals surface area contributed by atoms with E-state index in [4.69, 9.17) is 10.5 Å². The fraction of sp³-hybridized carbons (Fsp3) is 0.188. The van der Waals surface area contributed by atoms with Crippen molar-refractivity contribution in [1.29, 1.82) is 0 Å². The highest BCUT2D eigenvalue weighted by Crippen LogP contribution is 2.22. The summed E-state index contributed by atoms with van der Waals surface area (Å²) in [5.41, 5.74) is 8.35. The van der Waals surface area contributed by atoms with Crippen LogP contribution in [0.2, 0.25) is 0 Å². The Morgan fingerprint density at radius 1 is 1.10 bits per heavy atom. The summed E-state index contributed by atoms with van der Waals surface area (Å²) in [7, 11) is 0. The van der Waals surface area contributed by atoms with Crippen molar-refractivity contribution in [3.63, 3.8) is 0 Å². The number of nitrogen functional groups attached to an aromatic ring is 1. The molecule has 0 atom stereocenters. The van der Waals surface area contributed by atoms with Crippen LogP contribution in [0.4, 0.5) is 5.69 Å². The molecule has 0 aliphatic heterocycles. The minimum atomic E-state index is 0.0564. The number of aliphatic hydroxyl groups is 1. The van der Waals surface area contributed by atoms with Gasteiger partial charge in [0.15, 0.2) is 0 Å². The Bertz CT molecular complexity index is 752. The predicted octanol–water partition coefficient (Wildman–Crippen LogP) is 2.19. The van der Waals surface area contributed by atoms with E-state index in [1.54, 1.807) is 6.07 Å². The lowest BCUT2D eigenvalue weighted by molar-refractivity contribution is 0.261. The average molecular weight is 283 g/mol. The molecule has 0 radical (unpaired) electrons. The molecule has 2 aromatic carbocycles. The molecule has 0 aliphatic rings. The van der Waals surface area contributed by atoms with E-state index in [0.29, 0.717) is 24.6 Å². The van der Waals surface area contributed by atoms with E-state index in [9.17, 15) is 5.11 Å². The third kappa shape index (κ3) is 2.68. The average Bonchev–Trinajstić information content (AvgIpc) is 2.85. The van der Waals surface area contributed by atoms with Crippen LogP contribution in [0.3, 0.4) is 0 Å². The maximum Gasteiger partial charge on any atom is 0.148 e. The molecule has 3 aromatic rings. The molecule has 5 heteroatoms. The number of anilines is 1. The van der Waals surface area contributed by atoms with Crippen LogP contribution in [-0.2, 0) is 13.2 Å². The largest absolute Gasteiger partial charge is 0.484 e. The fourth-order valence-corrected chi connectivity index (χ4v) is 2.34. The molecule has 0 aliphatic carbocycles. The highest BCUT2D eigenvalue weighted by atomic mass is 16.5. The number of ether oxygens (including phenoxy) is 1. The standard InChI is InChI=1S/C16H17N3O2/c17-12-5-1-4-8-15(12)21-11-16-18-13-6-2-3-7-14(13)19(16)9-10-20/h1-8,20H,9-11,17H2. The van der Waals surface area contributed by atoms with E-state index in [-0.39, 0.29) is 6.61 Å². The second kappa shape index (κ2) is 5.85. The number of rotatable bonds is 5. The van der Waals surface area contributed by atoms with Crippen LogP contribution < -0.4 is 10.5 Å². The van der Waals surface area contributed by atoms with Crippen LogP contribution in [0.25, 0.3) is 11.0 Å². The smallest absolute Gasteiger partial charge is 0.148 e. The number of para-hydroxylation sites is 4. The molecule has 108 valence electrons. The number of nitrogens with two attached hydrogens (primary N) is 1. The third-order valence-electron chi connectivity index (χ3n) is 3.33. The Hall–Kier alpha value is -2.53. The molecule has 3 rings (SSSR count). The SMILES string of the molecule is Nc1ccccc1OCc1nc2ccccc2n1CCO. The van der Waals surface area contributed by atoms with Crippen LogP contribution in [0.1, 0.15) is 5.82 Å². The Morgan fingerprint density at radius 2 is 1.86 bits per heavy atom. The Kier molecular flexibility index (Phi) is 3.75. The van der Waals surface area contributed by atoms with Crippen molar-refractivity contribution in [3.05, 3.63) is 54.4 Å². The van der Waals surface area contributed by atoms with Gasteiger partial charge in [-0.25, -0.2) is 4.98 Å². The first kappa shape index (κ1) is 13.5. The number of imidazole rings is 1. The minimum absolute atomic E-state index is 0.0564. The molecule has 3 N–H and O–H groups in total. The van der Waals surface area contributed by atoms with Crippen LogP contribution in [-0.4, -0.2) is 21.3 Å². The van der Waals surface area contributed by atoms with Gasteiger partial charge in [-0.05, 0) is 24.3 Å². The molecular weight excluding hydrogens is 266 g/mol. The van der Waals surface area contributed by atoms with Crippen molar-refractivity contribution >= 4 is 16.7 Å². The molecule has 0 spiro atoms. The molecule has 1 heterocycles. The normalized spacial score (nSPS) is 10.9. The second-order valence-electron chi connectivity index (χ2n) is 4.72. The molecule has 0 fully saturated rings. The van der Waals surface area contributed by atoms with Gasteiger partial charge in [0.05, 0.1) is 23.3 Å². The van der Waals surface area contributed by atoms with E-state index in [1.807, 2.05) is 47.0 Å². The summed E-state index contributed by atoms with van der Waals surface area (Å²) in [6, 6.07) is 15.2. The Morgan fingerprint density at radius 3 is 2.67 bits per heavy atom. The third-order valence-corrected chi connectivity index (χ3v) is 3.33. The lowest BCUT2D eigenvalue weighted by Crippen LogP contribution is -2.10. The number of hydrogen-bond acceptors (Lipinski definition) is 4. The van der Waals surface area contributed by atoms with Gasteiger partial charge in [-0.2, -0.15) is 0 Å². The summed E-state index contributed by atoms with van der Waals surface area (Å²) in [6.45, 7) is 0.854. The van der Waals surface area contributed by atoms with Crippen molar-refractivity contribution in [3.8, 4) is 5.75 Å². The van der Waals surface area contributed by atoms with Crippen LogP contribution in [0.5, 0.6) is 5.75 Å². The van der Waals surface area contributed by atoms with Gasteiger partial charge >= 0.3 is 0 Å². The zero-order valence-electron chi connectivity index (χ0n) is 11.6. The minimum Gasteiger partial charge on any atom is -0.484 e. The summed E-state index contributed by atoms with van der Waals surface area (Å²) in [5.74, 6) is 1.41. The van der Waals surface area contributed by atoms with Crippen molar-refractivity contribution < 1.29 is 9.84 Å². The van der Waals surface area contributed by atoms with Crippen LogP contribution >= 0.6 is 0 Å². The Labute approximate surface area is 122 Å². The van der Waals surface area contributed by atoms with Gasteiger partial charge in [0.25, 0.3) is 0 Å². The second-order valence-corrected chi connectivity index (χ2v) is 4.72. The number of nitrogens with zero attached hydrogens (tertiary/aromatic N) is 2. The fourth-order valence-electron chi connectivity index (χ4n) is 2.34. The molecule has 0 bridgehead atoms. The van der Waals surface area contributed by atoms with E-state index < -0.39 is 0 Å². The molecular formula is C16H17N3O2. The monoisotopic (exact) mass is 283 g/mol. The van der Waals surface area contributed by atoms with E-state index in [1.165, 1.54) is 0 Å². The van der Waals surface area contributed by atoms with Gasteiger partial charge in [0, 0.05) is 6.54 Å². The molecule has 5 nitrogen and oxygen atoms in total. The number of benzene rings is 2. The van der Waals surface area contributed by atoms with Gasteiger partial charge in [-0.15, -0.1) is 0 Å². The summed E-state index contributed by atoms with van der Waals surface area (Å²) in [4.78, 5) is 4.56. The Balaban J connectivity index is 1.89. The first-order valence-corrected chi connectivity index (χ1v) is 6.82. The zero-order valence-corrected chi connectivity index (χ0v) is 11.6. The van der Waals surface area contributed by atoms with Gasteiger partial charge in [-0.3, -0.25) is 0 Å². The van der Waals surface area contributed by atoms with E-state index in [0.717, 1.165) is 16.9 Å². The van der Waals surface area contributed by atoms with Crippen LogP contribution in [0.15, 0.2) is 48.5 Å². The maximum absolute atomic E-state index is 9.24. The van der Waals surface area contributed by atoms with Crippen LogP contribution in [0, 0.1) is 0 Å². The number of fused-ring (bicyclic) bond motifs is 1. The highest BCUT2D eigenvalue weighted by molar-refractivity contribution is 5.75. The van der Waals surface area contributed by atoms with E-state index in [2.05, 4.69) is 4.98 Å². The number of aromatic nitrogens is 2. The molecule has 1 aromatic heterocycles. The van der Waals surface area contributed by atoms with Gasteiger partial charge in [-0.1, -0.05) is 24.3 Å². The first-order chi connectivity index (χ1) is 10.3. The summed E-state index contributed by atoms with van der Waals surface area (Å²) < 4.78 is 7.72. The van der Waals surface area contributed by atoms with Crippen molar-refractivity contribution in [2.24, 2.45) is 0 Å². The van der Waals surface area contributed by atoms with E-state index >= 15 is 0 Å². The lowest BCUT2D eigenvalue weighted by Gasteiger charge is -2.10. The number of hydrogen-bond donors (Lipinski definition) is 2. The maximum atomic E-state index is 9.24. The van der Waals surface area contributed by atoms with Crippen molar-refractivity contribution in [2.45, 2.75) is 13.2 Å². The summed E-state index contributed by atoms with van der Waals surface area (Å²) in [5, 5.41) is 9.24. The quantitative estimate of drug-likeness (QED) is 0.704. The molecule has 0 saturated carbocycles. The van der Waals surface area contributed by atoms with Crippen molar-refractivity contribution in [2.75, 3.05) is 12.3 Å². The zero-order chi connectivity index (χ0) is 14.7. The predicted molar refractivity (Wildman–Crippen MR) is 82.0 cm³/mol. The molecule has 0 amide bonds.